The van der Waals surface area contributed by atoms with Gasteiger partial charge in [0.25, 0.3) is 0 Å². The minimum absolute atomic E-state index is 0.0131. The average Bonchev–Trinajstić information content (AvgIpc) is 3.24. The van der Waals surface area contributed by atoms with Gasteiger partial charge in [-0.15, -0.1) is 0 Å². The molecule has 1 aromatic carbocycles. The highest BCUT2D eigenvalue weighted by Crippen LogP contribution is 2.24. The lowest BCUT2D eigenvalue weighted by molar-refractivity contribution is 0.0460. The van der Waals surface area contributed by atoms with Crippen molar-refractivity contribution in [2.75, 3.05) is 7.11 Å². The Hall–Kier alpha value is -3.22. The minimum Gasteiger partial charge on any atom is -0.507 e. The second-order valence-electron chi connectivity index (χ2n) is 4.62. The lowest BCUT2D eigenvalue weighted by Gasteiger charge is -2.06. The zero-order valence-corrected chi connectivity index (χ0v) is 12.2. The third-order valence-electron chi connectivity index (χ3n) is 3.10. The number of esters is 1. The van der Waals surface area contributed by atoms with Crippen molar-refractivity contribution in [1.82, 2.24) is 5.16 Å². The Morgan fingerprint density at radius 1 is 1.26 bits per heavy atom. The molecule has 118 valence electrons. The van der Waals surface area contributed by atoms with E-state index in [9.17, 15) is 9.90 Å². The Morgan fingerprint density at radius 2 is 2.13 bits per heavy atom. The van der Waals surface area contributed by atoms with E-state index in [2.05, 4.69) is 5.16 Å². The highest BCUT2D eigenvalue weighted by atomic mass is 16.5. The number of aromatic nitrogens is 1. The Morgan fingerprint density at radius 3 is 2.87 bits per heavy atom. The number of ether oxygens (including phenoxy) is 2. The Balaban J connectivity index is 1.67. The molecule has 0 bridgehead atoms. The van der Waals surface area contributed by atoms with E-state index >= 15 is 0 Å². The summed E-state index contributed by atoms with van der Waals surface area (Å²) >= 11 is 0. The number of carbonyl (C=O) groups excluding carboxylic acids is 1. The van der Waals surface area contributed by atoms with Crippen LogP contribution in [-0.4, -0.2) is 23.3 Å². The standard InChI is InChI=1S/C16H13NO6/c1-20-11-4-5-13(18)12(8-11)16(19)22-9-10-7-15(23-17-10)14-3-2-6-21-14/h2-8,18H,9H2,1H3. The Labute approximate surface area is 131 Å². The molecule has 0 aliphatic rings. The van der Waals surface area contributed by atoms with Crippen LogP contribution in [0.25, 0.3) is 11.5 Å². The van der Waals surface area contributed by atoms with Crippen LogP contribution >= 0.6 is 0 Å². The van der Waals surface area contributed by atoms with Gasteiger partial charge in [0, 0.05) is 6.07 Å². The van der Waals surface area contributed by atoms with Gasteiger partial charge in [0.2, 0.25) is 5.76 Å². The third kappa shape index (κ3) is 3.18. The zero-order valence-electron chi connectivity index (χ0n) is 12.2. The predicted octanol–water partition coefficient (Wildman–Crippen LogP) is 3.01. The van der Waals surface area contributed by atoms with Crippen molar-refractivity contribution in [3.63, 3.8) is 0 Å². The number of rotatable bonds is 5. The summed E-state index contributed by atoms with van der Waals surface area (Å²) in [6.45, 7) is -0.0975. The number of nitrogens with zero attached hydrogens (tertiary/aromatic N) is 1. The zero-order chi connectivity index (χ0) is 16.2. The highest BCUT2D eigenvalue weighted by molar-refractivity contribution is 5.92. The number of phenolic OH excluding ortho intramolecular Hbond substituents is 1. The van der Waals surface area contributed by atoms with Crippen LogP contribution in [0.5, 0.6) is 11.5 Å². The van der Waals surface area contributed by atoms with E-state index in [1.807, 2.05) is 0 Å². The number of furan rings is 1. The molecule has 2 aromatic heterocycles. The third-order valence-corrected chi connectivity index (χ3v) is 3.10. The molecule has 0 amide bonds. The summed E-state index contributed by atoms with van der Waals surface area (Å²) in [5, 5.41) is 13.5. The molecule has 2 heterocycles. The topological polar surface area (TPSA) is 94.9 Å². The second kappa shape index (κ2) is 6.27. The number of carbonyl (C=O) groups is 1. The summed E-state index contributed by atoms with van der Waals surface area (Å²) < 4.78 is 20.4. The summed E-state index contributed by atoms with van der Waals surface area (Å²) in [4.78, 5) is 12.0. The lowest BCUT2D eigenvalue weighted by Crippen LogP contribution is -2.06. The molecular weight excluding hydrogens is 302 g/mol. The minimum atomic E-state index is -0.691. The largest absolute Gasteiger partial charge is 0.507 e. The van der Waals surface area contributed by atoms with Crippen LogP contribution in [0, 0.1) is 0 Å². The molecule has 0 saturated heterocycles. The Bertz CT molecular complexity index is 806. The fraction of sp³-hybridized carbons (Fsp3) is 0.125. The SMILES string of the molecule is COc1ccc(O)c(C(=O)OCc2cc(-c3ccco3)on2)c1. The van der Waals surface area contributed by atoms with Gasteiger partial charge in [-0.2, -0.15) is 0 Å². The molecule has 23 heavy (non-hydrogen) atoms. The molecule has 7 heteroatoms. The number of phenols is 1. The molecule has 3 aromatic rings. The predicted molar refractivity (Wildman–Crippen MR) is 78.0 cm³/mol. The number of methoxy groups -OCH3 is 1. The molecule has 0 spiro atoms. The van der Waals surface area contributed by atoms with E-state index < -0.39 is 5.97 Å². The second-order valence-corrected chi connectivity index (χ2v) is 4.62. The molecule has 0 aliphatic heterocycles. The summed E-state index contributed by atoms with van der Waals surface area (Å²) in [5.41, 5.74) is 0.436. The van der Waals surface area contributed by atoms with E-state index in [0.717, 1.165) is 0 Å². The monoisotopic (exact) mass is 315 g/mol. The molecule has 0 radical (unpaired) electrons. The molecule has 0 aliphatic carbocycles. The maximum atomic E-state index is 12.0. The number of benzene rings is 1. The number of hydrogen-bond acceptors (Lipinski definition) is 7. The van der Waals surface area contributed by atoms with Gasteiger partial charge < -0.3 is 23.5 Å². The van der Waals surface area contributed by atoms with E-state index in [-0.39, 0.29) is 17.9 Å². The Kier molecular flexibility index (Phi) is 4.01. The van der Waals surface area contributed by atoms with Gasteiger partial charge in [-0.25, -0.2) is 4.79 Å². The van der Waals surface area contributed by atoms with Crippen molar-refractivity contribution in [2.45, 2.75) is 6.61 Å². The molecule has 3 rings (SSSR count). The van der Waals surface area contributed by atoms with Crippen molar-refractivity contribution >= 4 is 5.97 Å². The first-order chi connectivity index (χ1) is 11.2. The fourth-order valence-corrected chi connectivity index (χ4v) is 1.94. The van der Waals surface area contributed by atoms with Crippen LogP contribution in [0.15, 0.2) is 51.6 Å². The molecule has 1 N–H and O–H groups in total. The molecule has 7 nitrogen and oxygen atoms in total. The van der Waals surface area contributed by atoms with E-state index in [0.29, 0.717) is 23.0 Å². The van der Waals surface area contributed by atoms with Gasteiger partial charge >= 0.3 is 5.97 Å². The molecule has 0 atom stereocenters. The molecule has 0 unspecified atom stereocenters. The summed E-state index contributed by atoms with van der Waals surface area (Å²) in [6, 6.07) is 9.36. The van der Waals surface area contributed by atoms with Crippen molar-refractivity contribution < 1.29 is 28.3 Å². The smallest absolute Gasteiger partial charge is 0.342 e. The van der Waals surface area contributed by atoms with Gasteiger partial charge in [0.05, 0.1) is 13.4 Å². The van der Waals surface area contributed by atoms with Crippen LogP contribution in [0.1, 0.15) is 16.1 Å². The first-order valence-electron chi connectivity index (χ1n) is 6.71. The fourth-order valence-electron chi connectivity index (χ4n) is 1.94. The molecular formula is C16H13NO6. The van der Waals surface area contributed by atoms with Crippen LogP contribution < -0.4 is 4.74 Å². The van der Waals surface area contributed by atoms with Crippen LogP contribution in [0.2, 0.25) is 0 Å². The lowest BCUT2D eigenvalue weighted by atomic mass is 10.2. The maximum absolute atomic E-state index is 12.0. The van der Waals surface area contributed by atoms with Crippen molar-refractivity contribution in [2.24, 2.45) is 0 Å². The summed E-state index contributed by atoms with van der Waals surface area (Å²) in [6.07, 6.45) is 1.52. The first-order valence-corrected chi connectivity index (χ1v) is 6.71. The quantitative estimate of drug-likeness (QED) is 0.723. The van der Waals surface area contributed by atoms with E-state index in [1.165, 1.54) is 25.5 Å². The first kappa shape index (κ1) is 14.7. The molecule has 0 fully saturated rings. The van der Waals surface area contributed by atoms with Crippen molar-refractivity contribution in [3.8, 4) is 23.0 Å². The van der Waals surface area contributed by atoms with Crippen LogP contribution in [0.3, 0.4) is 0 Å². The van der Waals surface area contributed by atoms with E-state index in [4.69, 9.17) is 18.4 Å². The maximum Gasteiger partial charge on any atom is 0.342 e. The van der Waals surface area contributed by atoms with Gasteiger partial charge in [0.1, 0.15) is 29.4 Å². The normalized spacial score (nSPS) is 10.5. The van der Waals surface area contributed by atoms with Crippen LogP contribution in [-0.2, 0) is 11.3 Å². The summed E-state index contributed by atoms with van der Waals surface area (Å²) in [7, 11) is 1.47. The van der Waals surface area contributed by atoms with Gasteiger partial charge in [-0.1, -0.05) is 5.16 Å². The highest BCUT2D eigenvalue weighted by Gasteiger charge is 2.16. The van der Waals surface area contributed by atoms with Gasteiger partial charge in [0.15, 0.2) is 5.76 Å². The van der Waals surface area contributed by atoms with E-state index in [1.54, 1.807) is 24.3 Å². The van der Waals surface area contributed by atoms with Crippen molar-refractivity contribution in [1.29, 1.82) is 0 Å². The number of aromatic hydroxyl groups is 1. The summed E-state index contributed by atoms with van der Waals surface area (Å²) in [5.74, 6) is 0.526. The average molecular weight is 315 g/mol. The molecule has 0 saturated carbocycles. The van der Waals surface area contributed by atoms with Crippen molar-refractivity contribution in [3.05, 3.63) is 53.9 Å². The van der Waals surface area contributed by atoms with Gasteiger partial charge in [-0.05, 0) is 30.3 Å². The van der Waals surface area contributed by atoms with Gasteiger partial charge in [-0.3, -0.25) is 0 Å². The number of hydrogen-bond donors (Lipinski definition) is 1. The van der Waals surface area contributed by atoms with Crippen LogP contribution in [0.4, 0.5) is 0 Å².